The van der Waals surface area contributed by atoms with E-state index in [1.807, 2.05) is 0 Å². The summed E-state index contributed by atoms with van der Waals surface area (Å²) in [7, 11) is 0. The van der Waals surface area contributed by atoms with E-state index in [0.717, 1.165) is 5.56 Å². The molecular weight excluding hydrogens is 374 g/mol. The molecule has 0 aliphatic carbocycles. The van der Waals surface area contributed by atoms with Crippen molar-refractivity contribution in [2.24, 2.45) is 10.2 Å². The van der Waals surface area contributed by atoms with Gasteiger partial charge in [-0.1, -0.05) is 12.1 Å². The van der Waals surface area contributed by atoms with Crippen LogP contribution >= 0.6 is 0 Å². The molecule has 0 saturated heterocycles. The van der Waals surface area contributed by atoms with Crippen LogP contribution in [0.3, 0.4) is 0 Å². The van der Waals surface area contributed by atoms with Gasteiger partial charge in [-0.05, 0) is 17.7 Å². The monoisotopic (exact) mass is 399 g/mol. The third-order valence-corrected chi connectivity index (χ3v) is 4.40. The summed E-state index contributed by atoms with van der Waals surface area (Å²) in [6.07, 6.45) is 7.23. The van der Waals surface area contributed by atoms with Crippen LogP contribution in [0.1, 0.15) is 31.7 Å². The molecule has 0 spiro atoms. The minimum absolute atomic E-state index is 0.110. The first kappa shape index (κ1) is 21.9. The van der Waals surface area contributed by atoms with Gasteiger partial charge < -0.3 is 21.1 Å². The fraction of sp³-hybridized carbons (Fsp3) is 0.450. The highest BCUT2D eigenvalue weighted by Crippen LogP contribution is 2.36. The Kier molecular flexibility index (Phi) is 7.71. The molecule has 1 aromatic rings. The average Bonchev–Trinajstić information content (AvgIpc) is 3.46. The largest absolute Gasteiger partial charge is 0.508 e. The van der Waals surface area contributed by atoms with Crippen LogP contribution in [0.2, 0.25) is 0 Å². The van der Waals surface area contributed by atoms with Crippen LogP contribution in [0.4, 0.5) is 0 Å². The molecule has 1 aliphatic rings. The van der Waals surface area contributed by atoms with Crippen molar-refractivity contribution in [3.05, 3.63) is 29.8 Å². The molecular formula is C20H25N5O4. The van der Waals surface area contributed by atoms with E-state index >= 15 is 0 Å². The molecule has 9 heteroatoms. The predicted octanol–water partition coefficient (Wildman–Crippen LogP) is 0.637. The Morgan fingerprint density at radius 3 is 2.45 bits per heavy atom. The molecule has 0 unspecified atom stereocenters. The fourth-order valence-electron chi connectivity index (χ4n) is 2.70. The summed E-state index contributed by atoms with van der Waals surface area (Å²) in [6, 6.07) is 5.53. The van der Waals surface area contributed by atoms with Crippen molar-refractivity contribution in [3.63, 3.8) is 0 Å². The number of aromatic hydroxyl groups is 1. The zero-order valence-electron chi connectivity index (χ0n) is 16.3. The van der Waals surface area contributed by atoms with E-state index in [2.05, 4.69) is 32.1 Å². The SMILES string of the molecule is C#CCCC1(CCNC(=O)[C@H](Cc2ccc(O)cc2)NC(=O)CNC(C)=O)N=N1. The van der Waals surface area contributed by atoms with Crippen molar-refractivity contribution in [3.8, 4) is 18.1 Å². The number of nitrogens with zero attached hydrogens (tertiary/aromatic N) is 2. The zero-order valence-corrected chi connectivity index (χ0v) is 16.3. The summed E-state index contributed by atoms with van der Waals surface area (Å²) >= 11 is 0. The lowest BCUT2D eigenvalue weighted by molar-refractivity contribution is -0.129. The van der Waals surface area contributed by atoms with E-state index in [-0.39, 0.29) is 30.5 Å². The van der Waals surface area contributed by atoms with Gasteiger partial charge in [-0.2, -0.15) is 10.2 Å². The normalized spacial score (nSPS) is 14.3. The first-order chi connectivity index (χ1) is 13.8. The molecule has 2 rings (SSSR count). The summed E-state index contributed by atoms with van der Waals surface area (Å²) < 4.78 is 0. The lowest BCUT2D eigenvalue weighted by atomic mass is 10.0. The highest BCUT2D eigenvalue weighted by molar-refractivity contribution is 5.90. The first-order valence-corrected chi connectivity index (χ1v) is 9.30. The van der Waals surface area contributed by atoms with Gasteiger partial charge in [0.2, 0.25) is 17.7 Å². The highest BCUT2D eigenvalue weighted by Gasteiger charge is 2.38. The number of rotatable bonds is 11. The molecule has 0 radical (unpaired) electrons. The van der Waals surface area contributed by atoms with Gasteiger partial charge >= 0.3 is 0 Å². The number of hydrogen-bond acceptors (Lipinski definition) is 6. The number of phenols is 1. The van der Waals surface area contributed by atoms with Crippen LogP contribution in [-0.2, 0) is 20.8 Å². The van der Waals surface area contributed by atoms with Gasteiger partial charge in [-0.3, -0.25) is 14.4 Å². The van der Waals surface area contributed by atoms with Crippen LogP contribution < -0.4 is 16.0 Å². The van der Waals surface area contributed by atoms with Crippen molar-refractivity contribution in [2.45, 2.75) is 44.3 Å². The Bertz CT molecular complexity index is 807. The number of amides is 3. The molecule has 9 nitrogen and oxygen atoms in total. The van der Waals surface area contributed by atoms with E-state index in [1.165, 1.54) is 19.1 Å². The van der Waals surface area contributed by atoms with E-state index in [4.69, 9.17) is 6.42 Å². The number of carbonyl (C=O) groups excluding carboxylic acids is 3. The standard InChI is InChI=1S/C20H25N5O4/c1-3-4-9-20(24-25-20)10-11-21-19(29)17(23-18(28)13-22-14(2)26)12-15-5-7-16(27)8-6-15/h1,5-8,17,27H,4,9-13H2,2H3,(H,21,29)(H,22,26)(H,23,28)/t17-/m0/s1. The Hall–Kier alpha value is -3.41. The van der Waals surface area contributed by atoms with Gasteiger partial charge in [-0.25, -0.2) is 0 Å². The second-order valence-electron chi connectivity index (χ2n) is 6.83. The molecule has 1 aliphatic heterocycles. The molecule has 0 bridgehead atoms. The molecule has 1 atom stereocenters. The van der Waals surface area contributed by atoms with E-state index in [0.29, 0.717) is 25.8 Å². The lowest BCUT2D eigenvalue weighted by Gasteiger charge is -2.19. The van der Waals surface area contributed by atoms with Gasteiger partial charge in [0.25, 0.3) is 0 Å². The second-order valence-corrected chi connectivity index (χ2v) is 6.83. The summed E-state index contributed by atoms with van der Waals surface area (Å²) in [6.45, 7) is 1.42. The number of benzene rings is 1. The third kappa shape index (κ3) is 7.62. The molecule has 0 fully saturated rings. The average molecular weight is 399 g/mol. The van der Waals surface area contributed by atoms with E-state index in [1.54, 1.807) is 12.1 Å². The van der Waals surface area contributed by atoms with Gasteiger partial charge in [0.15, 0.2) is 5.66 Å². The first-order valence-electron chi connectivity index (χ1n) is 9.30. The Morgan fingerprint density at radius 2 is 1.86 bits per heavy atom. The maximum absolute atomic E-state index is 12.7. The molecule has 0 aromatic heterocycles. The number of hydrogen-bond donors (Lipinski definition) is 4. The number of phenolic OH excluding ortho intramolecular Hbond substituents is 1. The van der Waals surface area contributed by atoms with Gasteiger partial charge in [0, 0.05) is 39.2 Å². The predicted molar refractivity (Wildman–Crippen MR) is 106 cm³/mol. The third-order valence-electron chi connectivity index (χ3n) is 4.40. The highest BCUT2D eigenvalue weighted by atomic mass is 16.3. The van der Waals surface area contributed by atoms with Gasteiger partial charge in [0.1, 0.15) is 11.8 Å². The Morgan fingerprint density at radius 1 is 1.17 bits per heavy atom. The van der Waals surface area contributed by atoms with E-state index < -0.39 is 17.6 Å². The maximum atomic E-state index is 12.7. The molecule has 29 heavy (non-hydrogen) atoms. The summed E-state index contributed by atoms with van der Waals surface area (Å²) in [5.74, 6) is 1.49. The molecule has 0 saturated carbocycles. The molecule has 1 heterocycles. The van der Waals surface area contributed by atoms with Crippen molar-refractivity contribution < 1.29 is 19.5 Å². The van der Waals surface area contributed by atoms with Gasteiger partial charge in [-0.15, -0.1) is 12.3 Å². The lowest BCUT2D eigenvalue weighted by Crippen LogP contribution is -2.50. The van der Waals surface area contributed by atoms with Crippen molar-refractivity contribution in [1.29, 1.82) is 0 Å². The topological polar surface area (TPSA) is 132 Å². The van der Waals surface area contributed by atoms with Crippen molar-refractivity contribution in [2.75, 3.05) is 13.1 Å². The quantitative estimate of drug-likeness (QED) is 0.406. The van der Waals surface area contributed by atoms with Gasteiger partial charge in [0.05, 0.1) is 6.54 Å². The summed E-state index contributed by atoms with van der Waals surface area (Å²) in [5.41, 5.74) is 0.265. The maximum Gasteiger partial charge on any atom is 0.242 e. The molecule has 154 valence electrons. The Balaban J connectivity index is 1.92. The van der Waals surface area contributed by atoms with Crippen LogP contribution in [-0.4, -0.2) is 47.6 Å². The van der Waals surface area contributed by atoms with Crippen LogP contribution in [0, 0.1) is 12.3 Å². The molecule has 4 N–H and O–H groups in total. The number of terminal acetylenes is 1. The molecule has 3 amide bonds. The number of carbonyl (C=O) groups is 3. The minimum atomic E-state index is -0.837. The van der Waals surface area contributed by atoms with Crippen LogP contribution in [0.5, 0.6) is 5.75 Å². The van der Waals surface area contributed by atoms with E-state index in [9.17, 15) is 19.5 Å². The molecule has 1 aromatic carbocycles. The summed E-state index contributed by atoms with van der Waals surface area (Å²) in [5, 5.41) is 25.3. The van der Waals surface area contributed by atoms with Crippen LogP contribution in [0.25, 0.3) is 0 Å². The summed E-state index contributed by atoms with van der Waals surface area (Å²) in [4.78, 5) is 35.7. The van der Waals surface area contributed by atoms with Crippen molar-refractivity contribution >= 4 is 17.7 Å². The van der Waals surface area contributed by atoms with Crippen molar-refractivity contribution in [1.82, 2.24) is 16.0 Å². The zero-order chi connectivity index (χ0) is 21.3. The smallest absolute Gasteiger partial charge is 0.242 e. The number of nitrogens with one attached hydrogen (secondary N) is 3. The Labute approximate surface area is 169 Å². The fourth-order valence-corrected chi connectivity index (χ4v) is 2.70. The second kappa shape index (κ2) is 10.2. The minimum Gasteiger partial charge on any atom is -0.508 e. The van der Waals surface area contributed by atoms with Crippen LogP contribution in [0.15, 0.2) is 34.5 Å².